The number of benzene rings is 1. The van der Waals surface area contributed by atoms with Gasteiger partial charge in [0.25, 0.3) is 11.8 Å². The van der Waals surface area contributed by atoms with Crippen LogP contribution in [0.3, 0.4) is 0 Å². The molecule has 11 nitrogen and oxygen atoms in total. The molecule has 1 aromatic carbocycles. The Hall–Kier alpha value is -2.96. The third kappa shape index (κ3) is 5.82. The fraction of sp³-hybridized carbons (Fsp3) is 0.522. The first-order chi connectivity index (χ1) is 16.3. The van der Waals surface area contributed by atoms with Crippen molar-refractivity contribution in [2.45, 2.75) is 32.9 Å². The minimum absolute atomic E-state index is 0.0399. The van der Waals surface area contributed by atoms with Gasteiger partial charge in [-0.3, -0.25) is 14.3 Å². The molecule has 3 atom stereocenters. The van der Waals surface area contributed by atoms with Gasteiger partial charge in [-0.2, -0.15) is 5.10 Å². The van der Waals surface area contributed by atoms with Gasteiger partial charge in [-0.1, -0.05) is 13.0 Å². The number of aromatic nitrogens is 2. The Morgan fingerprint density at radius 2 is 2.09 bits per heavy atom. The number of hydrogen-bond donors (Lipinski definition) is 2. The third-order valence-electron chi connectivity index (χ3n) is 6.18. The van der Waals surface area contributed by atoms with Crippen molar-refractivity contribution in [2.75, 3.05) is 38.3 Å². The Morgan fingerprint density at radius 3 is 2.66 bits per heavy atom. The summed E-state index contributed by atoms with van der Waals surface area (Å²) in [5.41, 5.74) is 1.49. The highest BCUT2D eigenvalue weighted by molar-refractivity contribution is 7.88. The molecule has 0 fully saturated rings. The van der Waals surface area contributed by atoms with Gasteiger partial charge < -0.3 is 20.1 Å². The topological polar surface area (TPSA) is 134 Å². The van der Waals surface area contributed by atoms with Crippen LogP contribution in [0.4, 0.5) is 5.69 Å². The largest absolute Gasteiger partial charge is 0.486 e. The summed E-state index contributed by atoms with van der Waals surface area (Å²) in [6, 6.07) is 6.02. The van der Waals surface area contributed by atoms with E-state index in [-0.39, 0.29) is 48.5 Å². The summed E-state index contributed by atoms with van der Waals surface area (Å²) in [6.45, 7) is 5.43. The Balaban J connectivity index is 2.07. The van der Waals surface area contributed by atoms with Crippen LogP contribution in [0.1, 0.15) is 40.4 Å². The molecule has 35 heavy (non-hydrogen) atoms. The van der Waals surface area contributed by atoms with E-state index in [9.17, 15) is 23.1 Å². The number of ether oxygens (including phenoxy) is 1. The van der Waals surface area contributed by atoms with Gasteiger partial charge >= 0.3 is 0 Å². The quantitative estimate of drug-likeness (QED) is 0.573. The van der Waals surface area contributed by atoms with Crippen molar-refractivity contribution >= 4 is 27.5 Å². The summed E-state index contributed by atoms with van der Waals surface area (Å²) in [5.74, 6) is -0.916. The average Bonchev–Trinajstić information content (AvgIpc) is 3.13. The summed E-state index contributed by atoms with van der Waals surface area (Å²) in [6.07, 6.45) is 0.478. The van der Waals surface area contributed by atoms with E-state index >= 15 is 0 Å². The second-order valence-corrected chi connectivity index (χ2v) is 11.2. The maximum atomic E-state index is 13.5. The number of carbonyl (C=O) groups excluding carboxylic acids is 2. The Labute approximate surface area is 205 Å². The van der Waals surface area contributed by atoms with E-state index in [1.54, 1.807) is 50.1 Å². The second-order valence-electron chi connectivity index (χ2n) is 9.10. The van der Waals surface area contributed by atoms with Crippen molar-refractivity contribution in [3.05, 3.63) is 41.2 Å². The molecule has 0 unspecified atom stereocenters. The Bertz CT molecular complexity index is 1210. The molecule has 2 N–H and O–H groups in total. The lowest BCUT2D eigenvalue weighted by atomic mass is 9.99. The second kappa shape index (κ2) is 10.3. The van der Waals surface area contributed by atoms with Crippen LogP contribution in [-0.2, 0) is 17.1 Å². The van der Waals surface area contributed by atoms with E-state index in [2.05, 4.69) is 10.4 Å². The van der Waals surface area contributed by atoms with Gasteiger partial charge in [0.05, 0.1) is 42.4 Å². The number of aryl methyl sites for hydroxylation is 2. The molecular formula is C23H33N5O6S. The van der Waals surface area contributed by atoms with Crippen LogP contribution in [0.15, 0.2) is 24.3 Å². The van der Waals surface area contributed by atoms with Gasteiger partial charge in [0.1, 0.15) is 11.8 Å². The molecule has 2 aromatic rings. The van der Waals surface area contributed by atoms with Gasteiger partial charge in [-0.05, 0) is 32.0 Å². The van der Waals surface area contributed by atoms with Crippen molar-refractivity contribution in [3.63, 3.8) is 0 Å². The van der Waals surface area contributed by atoms with Gasteiger partial charge in [0, 0.05) is 26.6 Å². The smallest absolute Gasteiger partial charge is 0.274 e. The summed E-state index contributed by atoms with van der Waals surface area (Å²) < 4.78 is 33.1. The molecule has 12 heteroatoms. The van der Waals surface area contributed by atoms with E-state index in [1.165, 1.54) is 16.0 Å². The summed E-state index contributed by atoms with van der Waals surface area (Å²) in [7, 11) is -0.365. The lowest BCUT2D eigenvalue weighted by Crippen LogP contribution is -2.50. The first-order valence-electron chi connectivity index (χ1n) is 11.3. The minimum atomic E-state index is -3.48. The Morgan fingerprint density at radius 1 is 1.40 bits per heavy atom. The van der Waals surface area contributed by atoms with Gasteiger partial charge in [-0.25, -0.2) is 12.7 Å². The maximum absolute atomic E-state index is 13.5. The molecule has 2 amide bonds. The maximum Gasteiger partial charge on any atom is 0.274 e. The number of carbonyl (C=O) groups is 2. The highest BCUT2D eigenvalue weighted by atomic mass is 32.2. The van der Waals surface area contributed by atoms with Gasteiger partial charge in [-0.15, -0.1) is 0 Å². The van der Waals surface area contributed by atoms with Crippen molar-refractivity contribution in [1.82, 2.24) is 19.0 Å². The number of hydrogen-bond acceptors (Lipinski definition) is 7. The highest BCUT2D eigenvalue weighted by Gasteiger charge is 2.35. The normalized spacial score (nSPS) is 19.5. The number of rotatable bonds is 7. The van der Waals surface area contributed by atoms with E-state index in [0.717, 1.165) is 6.26 Å². The van der Waals surface area contributed by atoms with Crippen LogP contribution in [0.5, 0.6) is 5.75 Å². The van der Waals surface area contributed by atoms with Crippen LogP contribution in [-0.4, -0.2) is 89.5 Å². The molecule has 0 saturated heterocycles. The molecule has 0 saturated carbocycles. The molecule has 1 aliphatic rings. The number of nitrogens with one attached hydrogen (secondary N) is 1. The zero-order valence-electron chi connectivity index (χ0n) is 20.8. The first kappa shape index (κ1) is 26.6. The highest BCUT2D eigenvalue weighted by Crippen LogP contribution is 2.35. The van der Waals surface area contributed by atoms with Crippen LogP contribution in [0.2, 0.25) is 0 Å². The first-order valence-corrected chi connectivity index (χ1v) is 13.1. The Kier molecular flexibility index (Phi) is 7.87. The zero-order valence-corrected chi connectivity index (χ0v) is 21.7. The minimum Gasteiger partial charge on any atom is -0.486 e. The molecule has 1 aliphatic heterocycles. The predicted molar refractivity (Wildman–Crippen MR) is 131 cm³/mol. The van der Waals surface area contributed by atoms with Crippen LogP contribution < -0.4 is 10.1 Å². The summed E-state index contributed by atoms with van der Waals surface area (Å²) in [4.78, 5) is 28.0. The number of fused-ring (bicyclic) bond motifs is 1. The number of aliphatic hydroxyl groups is 1. The molecule has 0 spiro atoms. The fourth-order valence-electron chi connectivity index (χ4n) is 3.96. The number of sulfonamides is 1. The lowest BCUT2D eigenvalue weighted by Gasteiger charge is -2.38. The zero-order chi connectivity index (χ0) is 26.1. The fourth-order valence-corrected chi connectivity index (χ4v) is 4.38. The van der Waals surface area contributed by atoms with E-state index in [4.69, 9.17) is 4.74 Å². The molecule has 0 bridgehead atoms. The van der Waals surface area contributed by atoms with Gasteiger partial charge in [0.15, 0.2) is 5.75 Å². The third-order valence-corrected chi connectivity index (χ3v) is 7.46. The molecule has 192 valence electrons. The monoisotopic (exact) mass is 507 g/mol. The summed E-state index contributed by atoms with van der Waals surface area (Å²) in [5, 5.41) is 16.8. The number of anilines is 1. The van der Waals surface area contributed by atoms with Crippen molar-refractivity contribution in [3.8, 4) is 5.75 Å². The molecule has 0 aliphatic carbocycles. The van der Waals surface area contributed by atoms with Crippen molar-refractivity contribution in [2.24, 2.45) is 13.0 Å². The van der Waals surface area contributed by atoms with E-state index in [1.807, 2.05) is 6.92 Å². The van der Waals surface area contributed by atoms with Crippen LogP contribution in [0, 0.1) is 12.8 Å². The summed E-state index contributed by atoms with van der Waals surface area (Å²) >= 11 is 0. The van der Waals surface area contributed by atoms with Crippen molar-refractivity contribution < 1.29 is 27.9 Å². The average molecular weight is 508 g/mol. The van der Waals surface area contributed by atoms with Crippen molar-refractivity contribution in [1.29, 1.82) is 0 Å². The molecular weight excluding hydrogens is 474 g/mol. The predicted octanol–water partition coefficient (Wildman–Crippen LogP) is 1.09. The molecule has 2 heterocycles. The molecule has 3 rings (SSSR count). The van der Waals surface area contributed by atoms with Crippen LogP contribution in [0.25, 0.3) is 0 Å². The standard InChI is InChI=1S/C23H33N5O6S/c1-14-11-28(16(3)13-29)23(31)17-8-7-9-18(24-22(30)19-10-15(2)25-27(19)5)21(17)34-20(14)12-26(4)35(6,32)33/h7-10,14,16,20,29H,11-13H2,1-6H3,(H,24,30)/t14-,16+,20-/m1/s1. The van der Waals surface area contributed by atoms with Crippen LogP contribution >= 0.6 is 0 Å². The number of aliphatic hydroxyl groups excluding tert-OH is 1. The lowest BCUT2D eigenvalue weighted by molar-refractivity contribution is 0.0389. The van der Waals surface area contributed by atoms with E-state index in [0.29, 0.717) is 11.4 Å². The van der Waals surface area contributed by atoms with E-state index < -0.39 is 28.1 Å². The number of likely N-dealkylation sites (N-methyl/N-ethyl adjacent to an activating group) is 1. The number of amides is 2. The SMILES string of the molecule is Cc1cc(C(=O)Nc2cccc3c2O[C@H](CN(C)S(C)(=O)=O)[C@H](C)CN([C@@H](C)CO)C3=O)n(C)n1. The number of nitrogens with zero attached hydrogens (tertiary/aromatic N) is 4. The molecule has 0 radical (unpaired) electrons. The van der Waals surface area contributed by atoms with Gasteiger partial charge in [0.2, 0.25) is 10.0 Å². The molecule has 1 aromatic heterocycles. The number of para-hydroxylation sites is 1.